The molecule has 17 heteroatoms. The third kappa shape index (κ3) is 74.4. The standard InChI is InChI=1S/4C2H3Cl3O.H4Si/c4*3-2(4,5)1-6;/h4*6H,1H2;1H4. The van der Waals surface area contributed by atoms with Gasteiger partial charge in [-0.2, -0.15) is 0 Å². The van der Waals surface area contributed by atoms with E-state index in [0.29, 0.717) is 0 Å². The Labute approximate surface area is 210 Å². The molecular formula is C8H16Cl12O4Si. The maximum Gasteiger partial charge on any atom is 0.213 e. The number of rotatable bonds is 0. The third-order valence-electron chi connectivity index (χ3n) is 0.717. The Bertz CT molecular complexity index is 216. The second-order valence-electron chi connectivity index (χ2n) is 3.09. The maximum atomic E-state index is 8.01. The van der Waals surface area contributed by atoms with Gasteiger partial charge in [-0.15, -0.1) is 0 Å². The molecule has 0 spiro atoms. The van der Waals surface area contributed by atoms with Gasteiger partial charge >= 0.3 is 0 Å². The summed E-state index contributed by atoms with van der Waals surface area (Å²) >= 11 is 60.0. The van der Waals surface area contributed by atoms with Gasteiger partial charge in [0.25, 0.3) is 0 Å². The molecular weight excluding hydrogens is 614 g/mol. The topological polar surface area (TPSA) is 80.9 Å². The van der Waals surface area contributed by atoms with Crippen LogP contribution in [0.5, 0.6) is 0 Å². The molecule has 0 radical (unpaired) electrons. The van der Waals surface area contributed by atoms with Crippen LogP contribution in [0.2, 0.25) is 0 Å². The molecule has 0 aliphatic rings. The molecule has 0 saturated heterocycles. The number of alkyl halides is 12. The minimum atomic E-state index is -1.49. The highest BCUT2D eigenvalue weighted by molar-refractivity contribution is 6.69. The highest BCUT2D eigenvalue weighted by Crippen LogP contribution is 2.25. The minimum Gasteiger partial charge on any atom is -0.392 e. The van der Waals surface area contributed by atoms with Crippen LogP contribution in [0.15, 0.2) is 0 Å². The number of aliphatic hydroxyl groups is 4. The molecule has 0 bridgehead atoms. The Kier molecular flexibility index (Phi) is 30.5. The van der Waals surface area contributed by atoms with E-state index >= 15 is 0 Å². The predicted octanol–water partition coefficient (Wildman–Crippen LogP) is 3.94. The fourth-order valence-corrected chi connectivity index (χ4v) is 0. The van der Waals surface area contributed by atoms with Gasteiger partial charge in [-0.3, -0.25) is 0 Å². The van der Waals surface area contributed by atoms with E-state index < -0.39 is 41.6 Å². The van der Waals surface area contributed by atoms with Gasteiger partial charge in [0.05, 0.1) is 26.4 Å². The molecule has 0 saturated carbocycles. The van der Waals surface area contributed by atoms with Crippen molar-refractivity contribution in [1.29, 1.82) is 0 Å². The first-order valence-corrected chi connectivity index (χ1v) is 9.48. The molecule has 160 valence electrons. The largest absolute Gasteiger partial charge is 0.392 e. The van der Waals surface area contributed by atoms with E-state index in [1.54, 1.807) is 0 Å². The van der Waals surface area contributed by atoms with Gasteiger partial charge in [-0.05, 0) is 11.0 Å². The number of hydrogen-bond donors (Lipinski definition) is 4. The lowest BCUT2D eigenvalue weighted by molar-refractivity contribution is 0.303. The van der Waals surface area contributed by atoms with Crippen LogP contribution in [0.3, 0.4) is 0 Å². The first-order valence-electron chi connectivity index (χ1n) is 4.95. The zero-order valence-corrected chi connectivity index (χ0v) is 20.2. The first kappa shape index (κ1) is 39.1. The second kappa shape index (κ2) is 19.5. The van der Waals surface area contributed by atoms with E-state index in [0.717, 1.165) is 0 Å². The van der Waals surface area contributed by atoms with Crippen LogP contribution < -0.4 is 0 Å². The summed E-state index contributed by atoms with van der Waals surface area (Å²) < 4.78 is -5.94. The van der Waals surface area contributed by atoms with Crippen molar-refractivity contribution in [3.05, 3.63) is 0 Å². The summed E-state index contributed by atoms with van der Waals surface area (Å²) in [4.78, 5) is 0. The molecule has 0 atom stereocenters. The van der Waals surface area contributed by atoms with Crippen molar-refractivity contribution >= 4 is 150 Å². The van der Waals surface area contributed by atoms with Crippen LogP contribution in [-0.2, 0) is 0 Å². The maximum absolute atomic E-state index is 8.01. The quantitative estimate of drug-likeness (QED) is 0.242. The first-order chi connectivity index (χ1) is 10.2. The molecule has 25 heavy (non-hydrogen) atoms. The Morgan fingerprint density at radius 2 is 0.400 bits per heavy atom. The summed E-state index contributed by atoms with van der Waals surface area (Å²) in [5.74, 6) is 0. The normalized spacial score (nSPS) is 11.5. The van der Waals surface area contributed by atoms with Crippen LogP contribution in [0, 0.1) is 0 Å². The highest BCUT2D eigenvalue weighted by Gasteiger charge is 2.17. The Morgan fingerprint density at radius 1 is 0.360 bits per heavy atom. The monoisotopic (exact) mass is 624 g/mol. The summed E-state index contributed by atoms with van der Waals surface area (Å²) in [5.41, 5.74) is 0. The average molecular weight is 630 g/mol. The van der Waals surface area contributed by atoms with Crippen molar-refractivity contribution in [2.75, 3.05) is 26.4 Å². The Balaban J connectivity index is -0.0000000702. The van der Waals surface area contributed by atoms with Crippen LogP contribution in [-0.4, -0.2) is 73.0 Å². The van der Waals surface area contributed by atoms with Gasteiger partial charge in [0.15, 0.2) is 0 Å². The molecule has 0 fully saturated rings. The van der Waals surface area contributed by atoms with Gasteiger partial charge in [-0.25, -0.2) is 0 Å². The van der Waals surface area contributed by atoms with E-state index in [4.69, 9.17) is 160 Å². The van der Waals surface area contributed by atoms with Crippen LogP contribution in [0.4, 0.5) is 0 Å². The van der Waals surface area contributed by atoms with Crippen molar-refractivity contribution in [2.24, 2.45) is 0 Å². The molecule has 0 heterocycles. The van der Waals surface area contributed by atoms with Crippen molar-refractivity contribution in [3.8, 4) is 0 Å². The molecule has 0 aromatic carbocycles. The molecule has 4 nitrogen and oxygen atoms in total. The van der Waals surface area contributed by atoms with Crippen molar-refractivity contribution in [3.63, 3.8) is 0 Å². The van der Waals surface area contributed by atoms with Gasteiger partial charge in [0, 0.05) is 0 Å². The molecule has 0 amide bonds. The molecule has 0 aromatic rings. The van der Waals surface area contributed by atoms with Gasteiger partial charge in [0.2, 0.25) is 15.2 Å². The summed E-state index contributed by atoms with van der Waals surface area (Å²) in [7, 11) is 0. The molecule has 0 aliphatic carbocycles. The Morgan fingerprint density at radius 3 is 0.400 bits per heavy atom. The smallest absolute Gasteiger partial charge is 0.213 e. The van der Waals surface area contributed by atoms with E-state index in [2.05, 4.69) is 0 Å². The lowest BCUT2D eigenvalue weighted by Gasteiger charge is -2.01. The second-order valence-corrected chi connectivity index (χ2v) is 13.2. The molecule has 0 aliphatic heterocycles. The minimum absolute atomic E-state index is 0. The Hall–Kier alpha value is 3.54. The lowest BCUT2D eigenvalue weighted by atomic mass is 10.9. The summed E-state index contributed by atoms with van der Waals surface area (Å²) in [6.45, 7) is -1.73. The number of aliphatic hydroxyl groups excluding tert-OH is 4. The van der Waals surface area contributed by atoms with Crippen LogP contribution >= 0.6 is 139 Å². The molecule has 0 rings (SSSR count). The van der Waals surface area contributed by atoms with E-state index in [-0.39, 0.29) is 11.0 Å². The zero-order chi connectivity index (χ0) is 20.8. The van der Waals surface area contributed by atoms with E-state index in [9.17, 15) is 0 Å². The fourth-order valence-electron chi connectivity index (χ4n) is 0. The van der Waals surface area contributed by atoms with Crippen LogP contribution in [0.25, 0.3) is 0 Å². The van der Waals surface area contributed by atoms with Crippen molar-refractivity contribution in [2.45, 2.75) is 15.2 Å². The van der Waals surface area contributed by atoms with Gasteiger partial charge in [-0.1, -0.05) is 139 Å². The number of hydrogen-bond acceptors (Lipinski definition) is 4. The summed E-state index contributed by atoms with van der Waals surface area (Å²) in [6, 6.07) is 0. The van der Waals surface area contributed by atoms with Crippen molar-refractivity contribution in [1.82, 2.24) is 0 Å². The van der Waals surface area contributed by atoms with Gasteiger partial charge < -0.3 is 20.4 Å². The molecule has 0 aromatic heterocycles. The molecule has 4 N–H and O–H groups in total. The lowest BCUT2D eigenvalue weighted by Crippen LogP contribution is -2.06. The van der Waals surface area contributed by atoms with E-state index in [1.807, 2.05) is 0 Å². The highest BCUT2D eigenvalue weighted by atomic mass is 35.6. The fraction of sp³-hybridized carbons (Fsp3) is 1.00. The SMILES string of the molecule is OCC(Cl)(Cl)Cl.OCC(Cl)(Cl)Cl.OCC(Cl)(Cl)Cl.OCC(Cl)(Cl)Cl.[SiH4]. The summed E-state index contributed by atoms with van der Waals surface area (Å²) in [5, 5.41) is 32.0. The van der Waals surface area contributed by atoms with Gasteiger partial charge in [0.1, 0.15) is 0 Å². The molecule has 0 unspecified atom stereocenters. The predicted molar refractivity (Wildman–Crippen MR) is 121 cm³/mol. The summed E-state index contributed by atoms with van der Waals surface area (Å²) in [6.07, 6.45) is 0. The average Bonchev–Trinajstić information content (AvgIpc) is 2.37. The van der Waals surface area contributed by atoms with E-state index in [1.165, 1.54) is 0 Å². The zero-order valence-electron chi connectivity index (χ0n) is 11.2. The number of halogens is 12. The van der Waals surface area contributed by atoms with Crippen LogP contribution in [0.1, 0.15) is 0 Å². The third-order valence-corrected chi connectivity index (χ3v) is 2.15. The van der Waals surface area contributed by atoms with Crippen molar-refractivity contribution < 1.29 is 20.4 Å².